The number of carbonyl (C=O) groups is 3. The summed E-state index contributed by atoms with van der Waals surface area (Å²) in [5.74, 6) is -1.64. The first-order valence-corrected chi connectivity index (χ1v) is 7.52. The monoisotopic (exact) mass is 311 g/mol. The van der Waals surface area contributed by atoms with Crippen molar-refractivity contribution in [2.75, 3.05) is 18.4 Å². The van der Waals surface area contributed by atoms with Gasteiger partial charge in [-0.2, -0.15) is 0 Å². The fourth-order valence-corrected chi connectivity index (χ4v) is 3.16. The molecule has 1 fully saturated rings. The van der Waals surface area contributed by atoms with Crippen molar-refractivity contribution >= 4 is 34.1 Å². The van der Waals surface area contributed by atoms with E-state index in [0.29, 0.717) is 0 Å². The summed E-state index contributed by atoms with van der Waals surface area (Å²) < 4.78 is 0. The number of aromatic carboxylic acids is 1. The zero-order valence-corrected chi connectivity index (χ0v) is 12.7. The molecule has 1 aliphatic heterocycles. The molecule has 1 aromatic heterocycles. The minimum absolute atomic E-state index is 0.0380. The van der Waals surface area contributed by atoms with Gasteiger partial charge in [0.25, 0.3) is 0 Å². The molecule has 1 unspecified atom stereocenters. The second-order valence-corrected chi connectivity index (χ2v) is 5.96. The Morgan fingerprint density at radius 3 is 2.43 bits per heavy atom. The molecule has 1 aliphatic rings. The van der Waals surface area contributed by atoms with Crippen molar-refractivity contribution < 1.29 is 19.5 Å². The number of rotatable bonds is 5. The van der Waals surface area contributed by atoms with Crippen molar-refractivity contribution in [2.24, 2.45) is 0 Å². The van der Waals surface area contributed by atoms with Crippen LogP contribution in [-0.2, 0) is 4.79 Å². The third kappa shape index (κ3) is 3.38. The molecule has 2 heterocycles. The largest absolute Gasteiger partial charge is 0.476 e. The highest BCUT2D eigenvalue weighted by atomic mass is 32.1. The molecule has 0 aromatic carbocycles. The number of amides is 1. The molecule has 8 heteroatoms. The number of carboxylic acid groups (broad SMARTS) is 1. The molecule has 21 heavy (non-hydrogen) atoms. The van der Waals surface area contributed by atoms with Gasteiger partial charge < -0.3 is 15.3 Å². The number of anilines is 1. The molecule has 2 N–H and O–H groups in total. The van der Waals surface area contributed by atoms with Gasteiger partial charge in [-0.05, 0) is 19.8 Å². The summed E-state index contributed by atoms with van der Waals surface area (Å²) in [6.45, 7) is 4.50. The second kappa shape index (κ2) is 6.21. The number of hydrogen-bond donors (Lipinski definition) is 2. The summed E-state index contributed by atoms with van der Waals surface area (Å²) in [7, 11) is 0. The molecule has 0 bridgehead atoms. The van der Waals surface area contributed by atoms with Crippen molar-refractivity contribution in [3.8, 4) is 0 Å². The van der Waals surface area contributed by atoms with Crippen LogP contribution >= 0.6 is 11.3 Å². The van der Waals surface area contributed by atoms with E-state index in [1.165, 1.54) is 6.92 Å². The van der Waals surface area contributed by atoms with Gasteiger partial charge in [-0.25, -0.2) is 9.78 Å². The normalized spacial score (nSPS) is 15.8. The van der Waals surface area contributed by atoms with E-state index in [1.807, 2.05) is 0 Å². The zero-order chi connectivity index (χ0) is 15.6. The Kier molecular flexibility index (Phi) is 4.56. The first-order valence-electron chi connectivity index (χ1n) is 6.70. The average molecular weight is 311 g/mol. The Hall–Kier alpha value is -1.96. The quantitative estimate of drug-likeness (QED) is 0.799. The van der Waals surface area contributed by atoms with E-state index in [9.17, 15) is 14.4 Å². The lowest BCUT2D eigenvalue weighted by atomic mass is 10.3. The van der Waals surface area contributed by atoms with Gasteiger partial charge in [-0.1, -0.05) is 11.3 Å². The summed E-state index contributed by atoms with van der Waals surface area (Å²) in [5, 5.41) is 12.2. The Morgan fingerprint density at radius 1 is 1.33 bits per heavy atom. The van der Waals surface area contributed by atoms with Gasteiger partial charge in [0, 0.05) is 20.0 Å². The van der Waals surface area contributed by atoms with Crippen LogP contribution in [0.4, 0.5) is 5.13 Å². The molecule has 114 valence electrons. The van der Waals surface area contributed by atoms with Crippen molar-refractivity contribution in [3.63, 3.8) is 0 Å². The number of carbonyl (C=O) groups excluding carboxylic acids is 2. The van der Waals surface area contributed by atoms with Gasteiger partial charge in [0.15, 0.2) is 16.6 Å². The van der Waals surface area contributed by atoms with E-state index >= 15 is 0 Å². The number of ketones is 1. The third-order valence-electron chi connectivity index (χ3n) is 3.28. The lowest BCUT2D eigenvalue weighted by Gasteiger charge is -2.20. The number of Topliss-reactive ketones (excluding diaryl/α,β-unsaturated/α-hetero) is 1. The lowest BCUT2D eigenvalue weighted by molar-refractivity contribution is -0.130. The van der Waals surface area contributed by atoms with E-state index in [1.54, 1.807) is 11.8 Å². The summed E-state index contributed by atoms with van der Waals surface area (Å²) in [6, 6.07) is -0.504. The van der Waals surface area contributed by atoms with Crippen LogP contribution < -0.4 is 5.32 Å². The summed E-state index contributed by atoms with van der Waals surface area (Å²) in [4.78, 5) is 40.4. The summed E-state index contributed by atoms with van der Waals surface area (Å²) in [5.41, 5.74) is -0.268. The number of nitrogens with one attached hydrogen (secondary N) is 1. The van der Waals surface area contributed by atoms with Gasteiger partial charge in [-0.3, -0.25) is 9.59 Å². The van der Waals surface area contributed by atoms with Gasteiger partial charge in [0.05, 0.1) is 0 Å². The fourth-order valence-electron chi connectivity index (χ4n) is 2.22. The average Bonchev–Trinajstić information content (AvgIpc) is 3.06. The molecule has 1 saturated heterocycles. The van der Waals surface area contributed by atoms with Crippen LogP contribution in [0.15, 0.2) is 0 Å². The van der Waals surface area contributed by atoms with Crippen molar-refractivity contribution in [1.82, 2.24) is 9.88 Å². The molecule has 0 spiro atoms. The maximum Gasteiger partial charge on any atom is 0.356 e. The van der Waals surface area contributed by atoms with E-state index < -0.39 is 12.0 Å². The predicted octanol–water partition coefficient (Wildman–Crippen LogP) is 1.47. The molecular weight excluding hydrogens is 294 g/mol. The van der Waals surface area contributed by atoms with Crippen LogP contribution in [0.5, 0.6) is 0 Å². The highest BCUT2D eigenvalue weighted by Gasteiger charge is 2.26. The maximum absolute atomic E-state index is 12.2. The fraction of sp³-hybridized carbons (Fsp3) is 0.538. The SMILES string of the molecule is CC(=O)c1sc(NC(C)C(=O)N2CCCC2)nc1C(=O)O. The van der Waals surface area contributed by atoms with E-state index in [-0.39, 0.29) is 27.4 Å². The molecular formula is C13H17N3O4S. The third-order valence-corrected chi connectivity index (χ3v) is 4.37. The summed E-state index contributed by atoms with van der Waals surface area (Å²) >= 11 is 0.961. The Morgan fingerprint density at radius 2 is 1.95 bits per heavy atom. The first-order chi connectivity index (χ1) is 9.90. The molecule has 0 aliphatic carbocycles. The number of nitrogens with zero attached hydrogens (tertiary/aromatic N) is 2. The minimum atomic E-state index is -1.25. The van der Waals surface area contributed by atoms with Gasteiger partial charge >= 0.3 is 5.97 Å². The first kappa shape index (κ1) is 15.4. The smallest absolute Gasteiger partial charge is 0.356 e. The Balaban J connectivity index is 2.11. The molecule has 7 nitrogen and oxygen atoms in total. The number of aromatic nitrogens is 1. The van der Waals surface area contributed by atoms with Gasteiger partial charge in [0.2, 0.25) is 5.91 Å². The van der Waals surface area contributed by atoms with Crippen molar-refractivity contribution in [1.29, 1.82) is 0 Å². The van der Waals surface area contributed by atoms with Crippen molar-refractivity contribution in [2.45, 2.75) is 32.7 Å². The molecule has 0 saturated carbocycles. The van der Waals surface area contributed by atoms with E-state index in [2.05, 4.69) is 10.3 Å². The topological polar surface area (TPSA) is 99.6 Å². The van der Waals surface area contributed by atoms with Crippen LogP contribution in [0.1, 0.15) is 46.8 Å². The highest BCUT2D eigenvalue weighted by Crippen LogP contribution is 2.24. The number of thiazole rings is 1. The summed E-state index contributed by atoms with van der Waals surface area (Å²) in [6.07, 6.45) is 2.01. The number of hydrogen-bond acceptors (Lipinski definition) is 6. The van der Waals surface area contributed by atoms with Crippen LogP contribution in [0.25, 0.3) is 0 Å². The van der Waals surface area contributed by atoms with E-state index in [4.69, 9.17) is 5.11 Å². The van der Waals surface area contributed by atoms with Gasteiger partial charge in [0.1, 0.15) is 10.9 Å². The Labute approximate surface area is 126 Å². The zero-order valence-electron chi connectivity index (χ0n) is 11.9. The standard InChI is InChI=1S/C13H17N3O4S/c1-7(11(18)16-5-3-4-6-16)14-13-15-9(12(19)20)10(21-13)8(2)17/h7H,3-6H2,1-2H3,(H,14,15)(H,19,20). The van der Waals surface area contributed by atoms with Gasteiger partial charge in [-0.15, -0.1) is 0 Å². The second-order valence-electron chi connectivity index (χ2n) is 4.96. The maximum atomic E-state index is 12.2. The van der Waals surface area contributed by atoms with Crippen molar-refractivity contribution in [3.05, 3.63) is 10.6 Å². The molecule has 2 rings (SSSR count). The van der Waals surface area contributed by atoms with Crippen LogP contribution in [0.3, 0.4) is 0 Å². The van der Waals surface area contributed by atoms with Crippen LogP contribution in [0, 0.1) is 0 Å². The number of carboxylic acids is 1. The molecule has 1 atom stereocenters. The van der Waals surface area contributed by atoms with Crippen LogP contribution in [0.2, 0.25) is 0 Å². The molecule has 1 aromatic rings. The van der Waals surface area contributed by atoms with Crippen LogP contribution in [-0.4, -0.2) is 51.8 Å². The predicted molar refractivity (Wildman–Crippen MR) is 78.0 cm³/mol. The highest BCUT2D eigenvalue weighted by molar-refractivity contribution is 7.17. The Bertz CT molecular complexity index is 546. The molecule has 1 amide bonds. The molecule has 0 radical (unpaired) electrons. The minimum Gasteiger partial charge on any atom is -0.476 e. The lowest BCUT2D eigenvalue weighted by Crippen LogP contribution is -2.39. The number of likely N-dealkylation sites (tertiary alicyclic amines) is 1. The van der Waals surface area contributed by atoms with E-state index in [0.717, 1.165) is 37.3 Å².